The van der Waals surface area contributed by atoms with Gasteiger partial charge in [-0.2, -0.15) is 0 Å². The predicted octanol–water partition coefficient (Wildman–Crippen LogP) is 3.07. The van der Waals surface area contributed by atoms with E-state index in [4.69, 9.17) is 9.47 Å². The van der Waals surface area contributed by atoms with Gasteiger partial charge in [0.15, 0.2) is 5.78 Å². The molecule has 1 aromatic carbocycles. The Kier molecular flexibility index (Phi) is 11.0. The van der Waals surface area contributed by atoms with Crippen molar-refractivity contribution in [1.29, 1.82) is 0 Å². The molecule has 0 unspecified atom stereocenters. The van der Waals surface area contributed by atoms with Gasteiger partial charge >= 0.3 is 6.09 Å². The number of amides is 2. The summed E-state index contributed by atoms with van der Waals surface area (Å²) in [5, 5.41) is 5.41. The molecule has 0 fully saturated rings. The van der Waals surface area contributed by atoms with Crippen molar-refractivity contribution in [3.05, 3.63) is 35.9 Å². The van der Waals surface area contributed by atoms with Gasteiger partial charge in [-0.05, 0) is 30.2 Å². The van der Waals surface area contributed by atoms with Gasteiger partial charge in [-0.1, -0.05) is 58.0 Å². The molecule has 0 aliphatic carbocycles. The maximum atomic E-state index is 12.8. The third-order valence-electron chi connectivity index (χ3n) is 4.23. The van der Waals surface area contributed by atoms with Gasteiger partial charge in [-0.25, -0.2) is 4.79 Å². The monoisotopic (exact) mass is 406 g/mol. The lowest BCUT2D eigenvalue weighted by atomic mass is 9.98. The van der Waals surface area contributed by atoms with Crippen molar-refractivity contribution in [3.8, 4) is 0 Å². The van der Waals surface area contributed by atoms with Gasteiger partial charge < -0.3 is 20.1 Å². The van der Waals surface area contributed by atoms with Crippen LogP contribution in [-0.4, -0.2) is 43.6 Å². The lowest BCUT2D eigenvalue weighted by molar-refractivity contribution is -0.131. The highest BCUT2D eigenvalue weighted by Crippen LogP contribution is 2.10. The topological polar surface area (TPSA) is 93.7 Å². The standard InChI is InChI=1S/C22H34N2O5/c1-15(2)11-18(20(25)14-28-5)23-21(26)19(12-16(3)4)24-22(27)29-13-17-9-7-6-8-10-17/h6-10,15-16,18-19H,11-14H2,1-5H3,(H,23,26)(H,24,27)/t18-,19-/m0/s1. The maximum Gasteiger partial charge on any atom is 0.408 e. The van der Waals surface area contributed by atoms with Crippen molar-refractivity contribution >= 4 is 17.8 Å². The average molecular weight is 407 g/mol. The highest BCUT2D eigenvalue weighted by atomic mass is 16.5. The van der Waals surface area contributed by atoms with E-state index in [9.17, 15) is 14.4 Å². The smallest absolute Gasteiger partial charge is 0.408 e. The van der Waals surface area contributed by atoms with Gasteiger partial charge in [0.1, 0.15) is 19.3 Å². The molecule has 0 radical (unpaired) electrons. The Labute approximate surface area is 173 Å². The summed E-state index contributed by atoms with van der Waals surface area (Å²) in [5.74, 6) is -0.207. The average Bonchev–Trinajstić information content (AvgIpc) is 2.65. The minimum atomic E-state index is -0.789. The van der Waals surface area contributed by atoms with Gasteiger partial charge in [0.25, 0.3) is 0 Å². The second-order valence-corrected chi connectivity index (χ2v) is 7.98. The molecule has 0 aliphatic heterocycles. The van der Waals surface area contributed by atoms with Crippen LogP contribution < -0.4 is 10.6 Å². The minimum Gasteiger partial charge on any atom is -0.445 e. The number of carbonyl (C=O) groups is 3. The van der Waals surface area contributed by atoms with E-state index >= 15 is 0 Å². The molecule has 2 atom stereocenters. The van der Waals surface area contributed by atoms with Gasteiger partial charge in [0.2, 0.25) is 5.91 Å². The van der Waals surface area contributed by atoms with E-state index in [0.29, 0.717) is 12.8 Å². The number of alkyl carbamates (subject to hydrolysis) is 1. The zero-order valence-electron chi connectivity index (χ0n) is 18.1. The molecule has 1 rings (SSSR count). The number of ketones is 1. The van der Waals surface area contributed by atoms with Crippen LogP contribution in [0, 0.1) is 11.8 Å². The second kappa shape index (κ2) is 12.9. The van der Waals surface area contributed by atoms with E-state index < -0.39 is 24.1 Å². The zero-order valence-corrected chi connectivity index (χ0v) is 18.1. The van der Waals surface area contributed by atoms with Crippen LogP contribution in [0.15, 0.2) is 30.3 Å². The van der Waals surface area contributed by atoms with E-state index in [1.807, 2.05) is 58.0 Å². The second-order valence-electron chi connectivity index (χ2n) is 7.98. The molecule has 0 aromatic heterocycles. The molecule has 0 aliphatic rings. The summed E-state index contributed by atoms with van der Waals surface area (Å²) in [6, 6.07) is 7.86. The molecule has 162 valence electrons. The lowest BCUT2D eigenvalue weighted by Crippen LogP contribution is -2.52. The highest BCUT2D eigenvalue weighted by molar-refractivity contribution is 5.92. The number of ether oxygens (including phenoxy) is 2. The van der Waals surface area contributed by atoms with Gasteiger partial charge in [-0.3, -0.25) is 9.59 Å². The number of rotatable bonds is 12. The van der Waals surface area contributed by atoms with Crippen LogP contribution in [-0.2, 0) is 25.7 Å². The number of Topliss-reactive ketones (excluding diaryl/α,β-unsaturated/α-hetero) is 1. The highest BCUT2D eigenvalue weighted by Gasteiger charge is 2.28. The van der Waals surface area contributed by atoms with Crippen molar-refractivity contribution in [1.82, 2.24) is 10.6 Å². The van der Waals surface area contributed by atoms with Gasteiger partial charge in [-0.15, -0.1) is 0 Å². The van der Waals surface area contributed by atoms with Crippen molar-refractivity contribution < 1.29 is 23.9 Å². The van der Waals surface area contributed by atoms with E-state index in [0.717, 1.165) is 5.56 Å². The largest absolute Gasteiger partial charge is 0.445 e. The first kappa shape index (κ1) is 24.6. The summed E-state index contributed by atoms with van der Waals surface area (Å²) >= 11 is 0. The van der Waals surface area contributed by atoms with Crippen LogP contribution in [0.4, 0.5) is 4.79 Å². The van der Waals surface area contributed by atoms with Crippen molar-refractivity contribution in [2.45, 2.75) is 59.2 Å². The first-order valence-corrected chi connectivity index (χ1v) is 10.0. The van der Waals surface area contributed by atoms with E-state index in [1.165, 1.54) is 7.11 Å². The maximum absolute atomic E-state index is 12.8. The number of hydrogen-bond acceptors (Lipinski definition) is 5. The van der Waals surface area contributed by atoms with Crippen LogP contribution in [0.2, 0.25) is 0 Å². The Balaban J connectivity index is 2.74. The fraction of sp³-hybridized carbons (Fsp3) is 0.591. The number of hydrogen-bond donors (Lipinski definition) is 2. The fourth-order valence-electron chi connectivity index (χ4n) is 2.87. The number of carbonyl (C=O) groups excluding carboxylic acids is 3. The number of methoxy groups -OCH3 is 1. The summed E-state index contributed by atoms with van der Waals surface area (Å²) in [4.78, 5) is 37.3. The predicted molar refractivity (Wildman–Crippen MR) is 111 cm³/mol. The Hall–Kier alpha value is -2.41. The minimum absolute atomic E-state index is 0.0704. The fourth-order valence-corrected chi connectivity index (χ4v) is 2.87. The SMILES string of the molecule is COCC(=O)[C@H](CC(C)C)NC(=O)[C@H](CC(C)C)NC(=O)OCc1ccccc1. The third-order valence-corrected chi connectivity index (χ3v) is 4.23. The van der Waals surface area contributed by atoms with E-state index in [2.05, 4.69) is 10.6 Å². The molecule has 0 spiro atoms. The zero-order chi connectivity index (χ0) is 21.8. The van der Waals surface area contributed by atoms with Crippen molar-refractivity contribution in [2.75, 3.05) is 13.7 Å². The molecule has 0 heterocycles. The molecule has 7 nitrogen and oxygen atoms in total. The first-order valence-electron chi connectivity index (χ1n) is 10.0. The molecular formula is C22H34N2O5. The molecule has 0 bridgehead atoms. The molecule has 2 N–H and O–H groups in total. The van der Waals surface area contributed by atoms with Gasteiger partial charge in [0, 0.05) is 7.11 Å². The Morgan fingerprint density at radius 1 is 0.897 bits per heavy atom. The summed E-state index contributed by atoms with van der Waals surface area (Å²) in [6.45, 7) is 7.91. The van der Waals surface area contributed by atoms with Crippen LogP contribution >= 0.6 is 0 Å². The molecule has 0 saturated carbocycles. The summed E-state index contributed by atoms with van der Waals surface area (Å²) < 4.78 is 10.1. The Morgan fingerprint density at radius 2 is 1.48 bits per heavy atom. The Morgan fingerprint density at radius 3 is 2.03 bits per heavy atom. The molecule has 0 saturated heterocycles. The van der Waals surface area contributed by atoms with Gasteiger partial charge in [0.05, 0.1) is 6.04 Å². The summed E-state index contributed by atoms with van der Waals surface area (Å²) in [5.41, 5.74) is 0.856. The molecule has 7 heteroatoms. The normalized spacial score (nSPS) is 13.1. The quantitative estimate of drug-likeness (QED) is 0.556. The molecule has 1 aromatic rings. The summed E-state index contributed by atoms with van der Waals surface area (Å²) in [6.07, 6.45) is 0.262. The van der Waals surface area contributed by atoms with Crippen LogP contribution in [0.3, 0.4) is 0 Å². The van der Waals surface area contributed by atoms with Crippen LogP contribution in [0.25, 0.3) is 0 Å². The third kappa shape index (κ3) is 10.1. The van der Waals surface area contributed by atoms with Crippen molar-refractivity contribution in [3.63, 3.8) is 0 Å². The Bertz CT molecular complexity index is 646. The molecule has 29 heavy (non-hydrogen) atoms. The summed E-state index contributed by atoms with van der Waals surface area (Å²) in [7, 11) is 1.44. The first-order chi connectivity index (χ1) is 13.7. The molecule has 2 amide bonds. The lowest BCUT2D eigenvalue weighted by Gasteiger charge is -2.24. The number of nitrogens with one attached hydrogen (secondary N) is 2. The van der Waals surface area contributed by atoms with Crippen molar-refractivity contribution in [2.24, 2.45) is 11.8 Å². The van der Waals surface area contributed by atoms with E-state index in [1.54, 1.807) is 0 Å². The van der Waals surface area contributed by atoms with Crippen LogP contribution in [0.5, 0.6) is 0 Å². The van der Waals surface area contributed by atoms with E-state index in [-0.39, 0.29) is 30.8 Å². The number of benzene rings is 1. The molecular weight excluding hydrogens is 372 g/mol. The van der Waals surface area contributed by atoms with Crippen LogP contribution in [0.1, 0.15) is 46.1 Å².